The summed E-state index contributed by atoms with van der Waals surface area (Å²) in [5.74, 6) is 1.87. The van der Waals surface area contributed by atoms with Crippen LogP contribution in [0.5, 0.6) is 0 Å². The van der Waals surface area contributed by atoms with Crippen molar-refractivity contribution in [3.05, 3.63) is 63.1 Å². The van der Waals surface area contributed by atoms with Crippen molar-refractivity contribution >= 4 is 40.5 Å². The third kappa shape index (κ3) is 3.54. The monoisotopic (exact) mass is 434 g/mol. The van der Waals surface area contributed by atoms with Gasteiger partial charge in [-0.3, -0.25) is 4.90 Å². The highest BCUT2D eigenvalue weighted by Crippen LogP contribution is 2.48. The largest absolute Gasteiger partial charge is 0.361 e. The number of anilines is 1. The Kier molecular flexibility index (Phi) is 5.25. The molecule has 5 heteroatoms. The lowest BCUT2D eigenvalue weighted by molar-refractivity contribution is 0.117. The molecule has 2 aliphatic carbocycles. The lowest BCUT2D eigenvalue weighted by Gasteiger charge is -2.47. The smallest absolute Gasteiger partial charge is 0.0670 e. The normalized spacial score (nSPS) is 30.2. The van der Waals surface area contributed by atoms with E-state index in [0.717, 1.165) is 53.2 Å². The molecule has 28 heavy (non-hydrogen) atoms. The van der Waals surface area contributed by atoms with E-state index in [1.165, 1.54) is 31.2 Å². The van der Waals surface area contributed by atoms with Gasteiger partial charge in [-0.05, 0) is 67.0 Å². The number of piperazine rings is 1. The standard InChI is InChI=1S/C23H25Cl3N2/c24-18-5-3-16(4-6-18)23-14-27(22-12-15-1-2-17(22)11-15)9-10-28(23)21-8-7-19(25)13-20(21)26/h3-8,13,15,17,22-23H,1-2,9-12,14H2. The summed E-state index contributed by atoms with van der Waals surface area (Å²) < 4.78 is 0. The van der Waals surface area contributed by atoms with Gasteiger partial charge in [0.1, 0.15) is 0 Å². The molecule has 2 bridgehead atoms. The molecule has 1 saturated heterocycles. The summed E-state index contributed by atoms with van der Waals surface area (Å²) in [6.45, 7) is 3.11. The fourth-order valence-corrected chi connectivity index (χ4v) is 6.38. The van der Waals surface area contributed by atoms with Gasteiger partial charge in [-0.15, -0.1) is 0 Å². The van der Waals surface area contributed by atoms with Gasteiger partial charge in [0.15, 0.2) is 0 Å². The van der Waals surface area contributed by atoms with Crippen LogP contribution in [0.2, 0.25) is 15.1 Å². The molecule has 0 aromatic heterocycles. The van der Waals surface area contributed by atoms with Crippen LogP contribution in [0, 0.1) is 11.8 Å². The van der Waals surface area contributed by atoms with Crippen LogP contribution in [0.3, 0.4) is 0 Å². The molecular weight excluding hydrogens is 411 g/mol. The Morgan fingerprint density at radius 2 is 1.61 bits per heavy atom. The van der Waals surface area contributed by atoms with Crippen molar-refractivity contribution < 1.29 is 0 Å². The molecule has 0 spiro atoms. The molecule has 0 amide bonds. The molecule has 1 heterocycles. The molecule has 4 unspecified atom stereocenters. The van der Waals surface area contributed by atoms with Crippen molar-refractivity contribution in [2.75, 3.05) is 24.5 Å². The molecule has 0 N–H and O–H groups in total. The van der Waals surface area contributed by atoms with Crippen molar-refractivity contribution in [2.45, 2.75) is 37.8 Å². The first-order valence-corrected chi connectivity index (χ1v) is 11.4. The van der Waals surface area contributed by atoms with Gasteiger partial charge in [-0.2, -0.15) is 0 Å². The summed E-state index contributed by atoms with van der Waals surface area (Å²) >= 11 is 18.9. The maximum atomic E-state index is 6.59. The van der Waals surface area contributed by atoms with E-state index in [2.05, 4.69) is 28.0 Å². The first kappa shape index (κ1) is 19.1. The van der Waals surface area contributed by atoms with E-state index >= 15 is 0 Å². The lowest BCUT2D eigenvalue weighted by atomic mass is 9.91. The fraction of sp³-hybridized carbons (Fsp3) is 0.478. The first-order valence-electron chi connectivity index (χ1n) is 10.3. The van der Waals surface area contributed by atoms with E-state index in [1.807, 2.05) is 24.3 Å². The predicted molar refractivity (Wildman–Crippen MR) is 119 cm³/mol. The first-order chi connectivity index (χ1) is 13.6. The molecular formula is C23H25Cl3N2. The van der Waals surface area contributed by atoms with E-state index in [4.69, 9.17) is 34.8 Å². The Morgan fingerprint density at radius 1 is 0.821 bits per heavy atom. The molecule has 0 radical (unpaired) electrons. The minimum Gasteiger partial charge on any atom is -0.361 e. The van der Waals surface area contributed by atoms with E-state index in [0.29, 0.717) is 5.02 Å². The van der Waals surface area contributed by atoms with Crippen molar-refractivity contribution in [2.24, 2.45) is 11.8 Å². The minimum absolute atomic E-state index is 0.267. The Labute approximate surface area is 182 Å². The van der Waals surface area contributed by atoms with Gasteiger partial charge in [0.05, 0.1) is 16.8 Å². The predicted octanol–water partition coefficient (Wildman–Crippen LogP) is 6.70. The van der Waals surface area contributed by atoms with Crippen molar-refractivity contribution in [1.29, 1.82) is 0 Å². The van der Waals surface area contributed by atoms with Crippen LogP contribution < -0.4 is 4.90 Å². The van der Waals surface area contributed by atoms with E-state index in [9.17, 15) is 0 Å². The summed E-state index contributed by atoms with van der Waals surface area (Å²) in [4.78, 5) is 5.20. The SMILES string of the molecule is Clc1ccc(C2CN(C3CC4CCC3C4)CCN2c2ccc(Cl)cc2Cl)cc1. The van der Waals surface area contributed by atoms with Gasteiger partial charge in [0.25, 0.3) is 0 Å². The van der Waals surface area contributed by atoms with Crippen LogP contribution in [0.1, 0.15) is 37.3 Å². The van der Waals surface area contributed by atoms with E-state index in [-0.39, 0.29) is 6.04 Å². The summed E-state index contributed by atoms with van der Waals surface area (Å²) in [6.07, 6.45) is 5.70. The number of nitrogens with zero attached hydrogens (tertiary/aromatic N) is 2. The molecule has 4 atom stereocenters. The fourth-order valence-electron chi connectivity index (χ4n) is 5.74. The van der Waals surface area contributed by atoms with Gasteiger partial charge < -0.3 is 4.90 Å². The third-order valence-corrected chi connectivity index (χ3v) is 7.85. The number of benzene rings is 2. The van der Waals surface area contributed by atoms with Gasteiger partial charge >= 0.3 is 0 Å². The van der Waals surface area contributed by atoms with Crippen LogP contribution in [0.15, 0.2) is 42.5 Å². The number of hydrogen-bond acceptors (Lipinski definition) is 2. The third-order valence-electron chi connectivity index (χ3n) is 7.06. The van der Waals surface area contributed by atoms with Crippen molar-refractivity contribution in [3.63, 3.8) is 0 Å². The molecule has 3 fully saturated rings. The molecule has 2 nitrogen and oxygen atoms in total. The summed E-state index contributed by atoms with van der Waals surface area (Å²) in [7, 11) is 0. The lowest BCUT2D eigenvalue weighted by Crippen LogP contribution is -2.53. The maximum Gasteiger partial charge on any atom is 0.0670 e. The highest BCUT2D eigenvalue weighted by molar-refractivity contribution is 6.36. The highest BCUT2D eigenvalue weighted by atomic mass is 35.5. The maximum absolute atomic E-state index is 6.59. The number of halogens is 3. The average Bonchev–Trinajstić information content (AvgIpc) is 3.32. The van der Waals surface area contributed by atoms with Crippen LogP contribution in [0.4, 0.5) is 5.69 Å². The van der Waals surface area contributed by atoms with Crippen molar-refractivity contribution in [3.8, 4) is 0 Å². The molecule has 2 aromatic rings. The zero-order valence-corrected chi connectivity index (χ0v) is 18.1. The minimum atomic E-state index is 0.267. The molecule has 148 valence electrons. The van der Waals surface area contributed by atoms with Crippen LogP contribution in [-0.2, 0) is 0 Å². The van der Waals surface area contributed by atoms with Gasteiger partial charge in [0, 0.05) is 35.7 Å². The van der Waals surface area contributed by atoms with E-state index < -0.39 is 0 Å². The molecule has 1 aliphatic heterocycles. The Balaban J connectivity index is 1.46. The number of hydrogen-bond donors (Lipinski definition) is 0. The zero-order chi connectivity index (χ0) is 19.3. The van der Waals surface area contributed by atoms with Gasteiger partial charge in [-0.25, -0.2) is 0 Å². The average molecular weight is 436 g/mol. The van der Waals surface area contributed by atoms with Crippen molar-refractivity contribution in [1.82, 2.24) is 4.90 Å². The number of fused-ring (bicyclic) bond motifs is 2. The zero-order valence-electron chi connectivity index (χ0n) is 15.8. The van der Waals surface area contributed by atoms with Gasteiger partial charge in [0.2, 0.25) is 0 Å². The van der Waals surface area contributed by atoms with Crippen LogP contribution in [0.25, 0.3) is 0 Å². The van der Waals surface area contributed by atoms with Gasteiger partial charge in [-0.1, -0.05) is 53.4 Å². The molecule has 2 saturated carbocycles. The Bertz CT molecular complexity index is 853. The molecule has 2 aromatic carbocycles. The summed E-state index contributed by atoms with van der Waals surface area (Å²) in [6, 6.07) is 15.2. The Morgan fingerprint density at radius 3 is 2.29 bits per heavy atom. The molecule has 5 rings (SSSR count). The summed E-state index contributed by atoms with van der Waals surface area (Å²) in [5.41, 5.74) is 2.36. The second-order valence-corrected chi connectivity index (χ2v) is 9.87. The summed E-state index contributed by atoms with van der Waals surface area (Å²) in [5, 5.41) is 2.18. The number of rotatable bonds is 3. The second kappa shape index (κ2) is 7.72. The van der Waals surface area contributed by atoms with E-state index in [1.54, 1.807) is 0 Å². The quantitative estimate of drug-likeness (QED) is 0.529. The molecule has 3 aliphatic rings. The Hall–Kier alpha value is -0.930. The highest BCUT2D eigenvalue weighted by Gasteiger charge is 2.44. The van der Waals surface area contributed by atoms with Crippen LogP contribution in [-0.4, -0.2) is 30.6 Å². The van der Waals surface area contributed by atoms with Crippen LogP contribution >= 0.6 is 34.8 Å². The second-order valence-electron chi connectivity index (χ2n) is 8.59. The topological polar surface area (TPSA) is 6.48 Å².